The zero-order valence-electron chi connectivity index (χ0n) is 10.9. The van der Waals surface area contributed by atoms with Crippen molar-refractivity contribution in [3.8, 4) is 0 Å². The summed E-state index contributed by atoms with van der Waals surface area (Å²) in [5.41, 5.74) is 1.93. The molecule has 0 unspecified atom stereocenters. The minimum atomic E-state index is -1.01. The van der Waals surface area contributed by atoms with Gasteiger partial charge in [-0.1, -0.05) is 18.2 Å². The number of aliphatic carboxylic acids is 1. The lowest BCUT2D eigenvalue weighted by molar-refractivity contribution is -0.138. The molecule has 0 spiro atoms. The van der Waals surface area contributed by atoms with Crippen molar-refractivity contribution in [2.75, 3.05) is 4.90 Å². The molecule has 1 aromatic heterocycles. The summed E-state index contributed by atoms with van der Waals surface area (Å²) < 4.78 is 0.535. The smallest absolute Gasteiger partial charge is 0.327 e. The fraction of sp³-hybridized carbons (Fsp3) is 0.133. The Morgan fingerprint density at radius 3 is 2.76 bits per heavy atom. The maximum atomic E-state index is 12.7. The minimum absolute atomic E-state index is 0.323. The number of halogens is 1. The Bertz CT molecular complexity index is 732. The van der Waals surface area contributed by atoms with Crippen molar-refractivity contribution >= 4 is 33.5 Å². The van der Waals surface area contributed by atoms with Gasteiger partial charge in [0.15, 0.2) is 0 Å². The van der Waals surface area contributed by atoms with E-state index in [0.29, 0.717) is 22.3 Å². The van der Waals surface area contributed by atoms with E-state index in [1.54, 1.807) is 24.3 Å². The fourth-order valence-electron chi connectivity index (χ4n) is 2.51. The predicted molar refractivity (Wildman–Crippen MR) is 80.3 cm³/mol. The summed E-state index contributed by atoms with van der Waals surface area (Å²) in [6.45, 7) is 0. The number of para-hydroxylation sites is 1. The van der Waals surface area contributed by atoms with Gasteiger partial charge in [-0.15, -0.1) is 0 Å². The number of amides is 1. The van der Waals surface area contributed by atoms with E-state index in [1.807, 2.05) is 12.1 Å². The lowest BCUT2D eigenvalue weighted by Gasteiger charge is -2.22. The fourth-order valence-corrected chi connectivity index (χ4v) is 2.87. The molecule has 0 saturated carbocycles. The number of carboxylic acid groups (broad SMARTS) is 1. The molecule has 2 heterocycles. The molecule has 1 aliphatic heterocycles. The highest BCUT2D eigenvalue weighted by atomic mass is 79.9. The summed E-state index contributed by atoms with van der Waals surface area (Å²) in [4.78, 5) is 29.5. The zero-order chi connectivity index (χ0) is 15.0. The topological polar surface area (TPSA) is 70.5 Å². The van der Waals surface area contributed by atoms with Gasteiger partial charge in [-0.25, -0.2) is 9.78 Å². The number of rotatable bonds is 2. The van der Waals surface area contributed by atoms with Gasteiger partial charge in [0.25, 0.3) is 5.91 Å². The van der Waals surface area contributed by atoms with E-state index in [0.717, 1.165) is 5.56 Å². The highest BCUT2D eigenvalue weighted by molar-refractivity contribution is 9.10. The third-order valence-corrected chi connectivity index (χ3v) is 3.89. The number of nitrogens with zero attached hydrogens (tertiary/aromatic N) is 2. The molecule has 3 rings (SSSR count). The van der Waals surface area contributed by atoms with Crippen LogP contribution < -0.4 is 4.90 Å². The van der Waals surface area contributed by atoms with Gasteiger partial charge in [0.05, 0.1) is 0 Å². The Hall–Kier alpha value is -2.21. The number of fused-ring (bicyclic) bond motifs is 1. The third-order valence-electron chi connectivity index (χ3n) is 3.45. The van der Waals surface area contributed by atoms with Crippen LogP contribution in [0.15, 0.2) is 47.2 Å². The molecule has 0 saturated heterocycles. The van der Waals surface area contributed by atoms with Gasteiger partial charge in [-0.3, -0.25) is 9.69 Å². The van der Waals surface area contributed by atoms with Crippen molar-refractivity contribution in [2.45, 2.75) is 12.5 Å². The number of hydrogen-bond acceptors (Lipinski definition) is 3. The number of carbonyl (C=O) groups is 2. The molecule has 1 amide bonds. The monoisotopic (exact) mass is 346 g/mol. The SMILES string of the molecule is O=C(O)[C@@H]1Cc2ccccc2N1C(=O)c1ccnc(Br)c1. The highest BCUT2D eigenvalue weighted by Gasteiger charge is 2.38. The van der Waals surface area contributed by atoms with Gasteiger partial charge in [0.2, 0.25) is 0 Å². The van der Waals surface area contributed by atoms with Crippen LogP contribution in [0.4, 0.5) is 5.69 Å². The molecule has 21 heavy (non-hydrogen) atoms. The second-order valence-corrected chi connectivity index (χ2v) is 5.54. The first-order valence-electron chi connectivity index (χ1n) is 6.34. The van der Waals surface area contributed by atoms with Gasteiger partial charge in [-0.2, -0.15) is 0 Å². The first-order valence-corrected chi connectivity index (χ1v) is 7.13. The van der Waals surface area contributed by atoms with Crippen LogP contribution in [0.2, 0.25) is 0 Å². The molecule has 0 fully saturated rings. The van der Waals surface area contributed by atoms with Crippen molar-refractivity contribution in [3.63, 3.8) is 0 Å². The molecule has 0 radical (unpaired) electrons. The number of aromatic nitrogens is 1. The normalized spacial score (nSPS) is 16.6. The van der Waals surface area contributed by atoms with Crippen molar-refractivity contribution in [3.05, 3.63) is 58.3 Å². The van der Waals surface area contributed by atoms with Crippen LogP contribution in [0.1, 0.15) is 15.9 Å². The number of hydrogen-bond donors (Lipinski definition) is 1. The van der Waals surface area contributed by atoms with E-state index in [9.17, 15) is 14.7 Å². The molecule has 2 aromatic rings. The maximum absolute atomic E-state index is 12.7. The summed E-state index contributed by atoms with van der Waals surface area (Å²) in [5, 5.41) is 9.39. The first-order chi connectivity index (χ1) is 10.1. The Kier molecular flexibility index (Phi) is 3.47. The van der Waals surface area contributed by atoms with Crippen LogP contribution in [-0.4, -0.2) is 28.0 Å². The van der Waals surface area contributed by atoms with E-state index in [4.69, 9.17) is 0 Å². The number of anilines is 1. The van der Waals surface area contributed by atoms with Crippen LogP contribution in [-0.2, 0) is 11.2 Å². The molecule has 0 bridgehead atoms. The summed E-state index contributed by atoms with van der Waals surface area (Å²) in [5.74, 6) is -1.34. The van der Waals surface area contributed by atoms with Gasteiger partial charge >= 0.3 is 5.97 Å². The molecule has 0 aliphatic carbocycles. The molecule has 1 atom stereocenters. The highest BCUT2D eigenvalue weighted by Crippen LogP contribution is 2.33. The summed E-state index contributed by atoms with van der Waals surface area (Å²) >= 11 is 3.22. The second-order valence-electron chi connectivity index (χ2n) is 4.73. The van der Waals surface area contributed by atoms with E-state index in [2.05, 4.69) is 20.9 Å². The van der Waals surface area contributed by atoms with Crippen molar-refractivity contribution in [1.29, 1.82) is 0 Å². The van der Waals surface area contributed by atoms with Crippen molar-refractivity contribution < 1.29 is 14.7 Å². The third kappa shape index (κ3) is 2.42. The number of benzene rings is 1. The summed E-state index contributed by atoms with van der Waals surface area (Å²) in [7, 11) is 0. The Morgan fingerprint density at radius 1 is 1.29 bits per heavy atom. The van der Waals surface area contributed by atoms with Gasteiger partial charge in [0, 0.05) is 23.9 Å². The lowest BCUT2D eigenvalue weighted by Crippen LogP contribution is -2.42. The first kappa shape index (κ1) is 13.8. The molecule has 6 heteroatoms. The summed E-state index contributed by atoms with van der Waals surface area (Å²) in [6.07, 6.45) is 1.83. The van der Waals surface area contributed by atoms with Crippen LogP contribution >= 0.6 is 15.9 Å². The lowest BCUT2D eigenvalue weighted by atomic mass is 10.1. The van der Waals surface area contributed by atoms with E-state index in [1.165, 1.54) is 11.1 Å². The second kappa shape index (κ2) is 5.29. The molecule has 106 valence electrons. The van der Waals surface area contributed by atoms with Crippen molar-refractivity contribution in [1.82, 2.24) is 4.98 Å². The van der Waals surface area contributed by atoms with Crippen LogP contribution in [0.3, 0.4) is 0 Å². The Balaban J connectivity index is 2.05. The average molecular weight is 347 g/mol. The van der Waals surface area contributed by atoms with Crippen LogP contribution in [0, 0.1) is 0 Å². The molecule has 5 nitrogen and oxygen atoms in total. The Labute approximate surface area is 129 Å². The predicted octanol–water partition coefficient (Wildman–Crippen LogP) is 2.50. The van der Waals surface area contributed by atoms with E-state index >= 15 is 0 Å². The molecule has 1 aromatic carbocycles. The molecule has 1 N–H and O–H groups in total. The molecular weight excluding hydrogens is 336 g/mol. The van der Waals surface area contributed by atoms with E-state index < -0.39 is 12.0 Å². The van der Waals surface area contributed by atoms with E-state index in [-0.39, 0.29) is 5.91 Å². The largest absolute Gasteiger partial charge is 0.480 e. The minimum Gasteiger partial charge on any atom is -0.480 e. The summed E-state index contributed by atoms with van der Waals surface area (Å²) in [6, 6.07) is 9.55. The van der Waals surface area contributed by atoms with Gasteiger partial charge < -0.3 is 5.11 Å². The molecule has 1 aliphatic rings. The number of carbonyl (C=O) groups excluding carboxylic acids is 1. The van der Waals surface area contributed by atoms with Gasteiger partial charge in [-0.05, 0) is 39.7 Å². The van der Waals surface area contributed by atoms with Crippen LogP contribution in [0.25, 0.3) is 0 Å². The van der Waals surface area contributed by atoms with Crippen molar-refractivity contribution in [2.24, 2.45) is 0 Å². The van der Waals surface area contributed by atoms with Crippen LogP contribution in [0.5, 0.6) is 0 Å². The maximum Gasteiger partial charge on any atom is 0.327 e. The Morgan fingerprint density at radius 2 is 2.05 bits per heavy atom. The standard InChI is InChI=1S/C15H11BrN2O3/c16-13-8-10(5-6-17-13)14(19)18-11-4-2-1-3-9(11)7-12(18)15(20)21/h1-6,8,12H,7H2,(H,20,21)/t12-/m0/s1. The van der Waals surface area contributed by atoms with Gasteiger partial charge in [0.1, 0.15) is 10.6 Å². The molecular formula is C15H11BrN2O3. The average Bonchev–Trinajstić information content (AvgIpc) is 2.86. The number of pyridine rings is 1. The zero-order valence-corrected chi connectivity index (χ0v) is 12.4. The quantitative estimate of drug-likeness (QED) is 0.848. The number of carboxylic acids is 1.